The summed E-state index contributed by atoms with van der Waals surface area (Å²) in [6.45, 7) is 2.79. The van der Waals surface area contributed by atoms with Crippen molar-refractivity contribution in [2.45, 2.75) is 32.7 Å². The number of hydrogen-bond donors (Lipinski definition) is 0. The number of halogens is 1. The van der Waals surface area contributed by atoms with Crippen LogP contribution >= 0.6 is 11.6 Å². The van der Waals surface area contributed by atoms with Crippen molar-refractivity contribution in [2.75, 3.05) is 6.54 Å². The van der Waals surface area contributed by atoms with Crippen molar-refractivity contribution in [3.63, 3.8) is 0 Å². The van der Waals surface area contributed by atoms with E-state index in [1.807, 2.05) is 67.6 Å². The predicted molar refractivity (Wildman–Crippen MR) is 122 cm³/mol. The molecule has 6 nitrogen and oxygen atoms in total. The molecule has 0 fully saturated rings. The fourth-order valence-electron chi connectivity index (χ4n) is 3.37. The first kappa shape index (κ1) is 21.8. The molecule has 4 rings (SSSR count). The quantitative estimate of drug-likeness (QED) is 0.337. The number of nitrogens with zero attached hydrogens (tertiary/aromatic N) is 3. The second-order valence-electron chi connectivity index (χ2n) is 7.61. The largest absolute Gasteiger partial charge is 0.467 e. The van der Waals surface area contributed by atoms with E-state index in [1.54, 1.807) is 11.2 Å². The zero-order valence-corrected chi connectivity index (χ0v) is 18.6. The molecule has 0 bridgehead atoms. The van der Waals surface area contributed by atoms with Crippen molar-refractivity contribution in [3.8, 4) is 11.4 Å². The monoisotopic (exact) mass is 449 g/mol. The van der Waals surface area contributed by atoms with E-state index >= 15 is 0 Å². The van der Waals surface area contributed by atoms with Crippen LogP contribution < -0.4 is 0 Å². The Morgan fingerprint density at radius 3 is 2.66 bits per heavy atom. The van der Waals surface area contributed by atoms with Crippen molar-refractivity contribution in [1.82, 2.24) is 15.0 Å². The Kier molecular flexibility index (Phi) is 7.02. The Hall–Kier alpha value is -3.38. The molecular weight excluding hydrogens is 426 g/mol. The number of furan rings is 1. The first-order chi connectivity index (χ1) is 15.6. The van der Waals surface area contributed by atoms with E-state index in [4.69, 9.17) is 20.5 Å². The van der Waals surface area contributed by atoms with E-state index in [0.29, 0.717) is 49.1 Å². The number of carbonyl (C=O) groups is 1. The van der Waals surface area contributed by atoms with Gasteiger partial charge in [-0.3, -0.25) is 4.79 Å². The van der Waals surface area contributed by atoms with Crippen molar-refractivity contribution >= 4 is 17.5 Å². The maximum absolute atomic E-state index is 13.0. The average Bonchev–Trinajstić information content (AvgIpc) is 3.50. The van der Waals surface area contributed by atoms with Crippen LogP contribution in [0.5, 0.6) is 0 Å². The van der Waals surface area contributed by atoms with Gasteiger partial charge in [0.25, 0.3) is 0 Å². The number of benzene rings is 2. The number of hydrogen-bond acceptors (Lipinski definition) is 5. The molecule has 0 atom stereocenters. The molecular formula is C25H24ClN3O3. The Labute approximate surface area is 191 Å². The third kappa shape index (κ3) is 5.65. The molecule has 0 N–H and O–H groups in total. The van der Waals surface area contributed by atoms with Crippen LogP contribution in [-0.4, -0.2) is 27.5 Å². The molecule has 0 spiro atoms. The van der Waals surface area contributed by atoms with Gasteiger partial charge in [-0.1, -0.05) is 59.2 Å². The lowest BCUT2D eigenvalue weighted by atomic mass is 10.1. The lowest BCUT2D eigenvalue weighted by Gasteiger charge is -2.21. The van der Waals surface area contributed by atoms with Gasteiger partial charge >= 0.3 is 0 Å². The Bertz CT molecular complexity index is 1160. The molecule has 0 aliphatic carbocycles. The predicted octanol–water partition coefficient (Wildman–Crippen LogP) is 5.50. The number of carbonyl (C=O) groups excluding carboxylic acids is 1. The number of amides is 1. The van der Waals surface area contributed by atoms with Gasteiger partial charge in [0.1, 0.15) is 5.76 Å². The van der Waals surface area contributed by atoms with Gasteiger partial charge in [0.05, 0.1) is 12.8 Å². The highest BCUT2D eigenvalue weighted by Gasteiger charge is 2.18. The number of rotatable bonds is 9. The molecule has 2 heterocycles. The normalized spacial score (nSPS) is 10.9. The molecule has 1 amide bonds. The SMILES string of the molecule is Cc1ccc(-c2noc(CCN(Cc3ccco3)C(=O)CCc3ccccc3)n2)cc1Cl. The molecule has 0 unspecified atom stereocenters. The van der Waals surface area contributed by atoms with Gasteiger partial charge in [-0.05, 0) is 42.7 Å². The lowest BCUT2D eigenvalue weighted by Crippen LogP contribution is -2.32. The first-order valence-electron chi connectivity index (χ1n) is 10.5. The van der Waals surface area contributed by atoms with E-state index in [2.05, 4.69) is 10.1 Å². The van der Waals surface area contributed by atoms with Crippen molar-refractivity contribution in [2.24, 2.45) is 0 Å². The maximum Gasteiger partial charge on any atom is 0.228 e. The van der Waals surface area contributed by atoms with Gasteiger partial charge in [0, 0.05) is 30.0 Å². The summed E-state index contributed by atoms with van der Waals surface area (Å²) in [6, 6.07) is 19.3. The van der Waals surface area contributed by atoms with Crippen molar-refractivity contribution in [1.29, 1.82) is 0 Å². The van der Waals surface area contributed by atoms with Crippen LogP contribution in [0.2, 0.25) is 5.02 Å². The Morgan fingerprint density at radius 1 is 1.06 bits per heavy atom. The molecule has 0 aliphatic rings. The minimum Gasteiger partial charge on any atom is -0.467 e. The van der Waals surface area contributed by atoms with Gasteiger partial charge in [0.2, 0.25) is 17.6 Å². The Balaban J connectivity index is 1.41. The van der Waals surface area contributed by atoms with Crippen LogP contribution in [0.3, 0.4) is 0 Å². The highest BCUT2D eigenvalue weighted by molar-refractivity contribution is 6.31. The van der Waals surface area contributed by atoms with Crippen LogP contribution in [0, 0.1) is 6.92 Å². The molecule has 0 aliphatic heterocycles. The molecule has 0 saturated carbocycles. The van der Waals surface area contributed by atoms with E-state index in [9.17, 15) is 4.79 Å². The van der Waals surface area contributed by atoms with Gasteiger partial charge in [-0.2, -0.15) is 4.98 Å². The van der Waals surface area contributed by atoms with Crippen LogP contribution in [-0.2, 0) is 24.2 Å². The van der Waals surface area contributed by atoms with E-state index in [0.717, 1.165) is 22.5 Å². The molecule has 7 heteroatoms. The molecule has 164 valence electrons. The minimum absolute atomic E-state index is 0.0512. The first-order valence-corrected chi connectivity index (χ1v) is 10.9. The van der Waals surface area contributed by atoms with Gasteiger partial charge < -0.3 is 13.8 Å². The summed E-state index contributed by atoms with van der Waals surface area (Å²) in [5.41, 5.74) is 2.92. The van der Waals surface area contributed by atoms with Crippen molar-refractivity contribution < 1.29 is 13.7 Å². The van der Waals surface area contributed by atoms with Gasteiger partial charge in [-0.15, -0.1) is 0 Å². The number of aromatic nitrogens is 2. The van der Waals surface area contributed by atoms with Crippen molar-refractivity contribution in [3.05, 3.63) is 94.7 Å². The summed E-state index contributed by atoms with van der Waals surface area (Å²) in [4.78, 5) is 19.2. The Morgan fingerprint density at radius 2 is 1.91 bits per heavy atom. The molecule has 0 saturated heterocycles. The topological polar surface area (TPSA) is 72.4 Å². The summed E-state index contributed by atoms with van der Waals surface area (Å²) in [6.07, 6.45) is 3.16. The lowest BCUT2D eigenvalue weighted by molar-refractivity contribution is -0.132. The van der Waals surface area contributed by atoms with Crippen LogP contribution in [0.4, 0.5) is 0 Å². The summed E-state index contributed by atoms with van der Waals surface area (Å²) >= 11 is 6.21. The molecule has 2 aromatic carbocycles. The number of aryl methyl sites for hydroxylation is 2. The summed E-state index contributed by atoms with van der Waals surface area (Å²) in [7, 11) is 0. The second-order valence-corrected chi connectivity index (χ2v) is 8.01. The van der Waals surface area contributed by atoms with E-state index in [-0.39, 0.29) is 5.91 Å². The standard InChI is InChI=1S/C25H24ClN3O3/c1-18-9-11-20(16-22(18)26)25-27-23(32-28-25)13-14-29(17-21-8-5-15-31-21)24(30)12-10-19-6-3-2-4-7-19/h2-9,11,15-16H,10,12-14,17H2,1H3. The third-order valence-electron chi connectivity index (χ3n) is 5.24. The smallest absolute Gasteiger partial charge is 0.228 e. The van der Waals surface area contributed by atoms with Gasteiger partial charge in [0.15, 0.2) is 0 Å². The molecule has 0 radical (unpaired) electrons. The highest BCUT2D eigenvalue weighted by Crippen LogP contribution is 2.23. The van der Waals surface area contributed by atoms with E-state index < -0.39 is 0 Å². The zero-order chi connectivity index (χ0) is 22.3. The fraction of sp³-hybridized carbons (Fsp3) is 0.240. The molecule has 4 aromatic rings. The van der Waals surface area contributed by atoms with Crippen LogP contribution in [0.25, 0.3) is 11.4 Å². The zero-order valence-electron chi connectivity index (χ0n) is 17.8. The second kappa shape index (κ2) is 10.3. The molecule has 32 heavy (non-hydrogen) atoms. The fourth-order valence-corrected chi connectivity index (χ4v) is 3.55. The van der Waals surface area contributed by atoms with Crippen LogP contribution in [0.1, 0.15) is 29.2 Å². The third-order valence-corrected chi connectivity index (χ3v) is 5.65. The summed E-state index contributed by atoms with van der Waals surface area (Å²) in [5, 5.41) is 4.72. The van der Waals surface area contributed by atoms with Gasteiger partial charge in [-0.25, -0.2) is 0 Å². The van der Waals surface area contributed by atoms with Crippen LogP contribution in [0.15, 0.2) is 75.9 Å². The highest BCUT2D eigenvalue weighted by atomic mass is 35.5. The summed E-state index contributed by atoms with van der Waals surface area (Å²) in [5.74, 6) is 1.74. The van der Waals surface area contributed by atoms with E-state index in [1.165, 1.54) is 0 Å². The minimum atomic E-state index is 0.0512. The maximum atomic E-state index is 13.0. The summed E-state index contributed by atoms with van der Waals surface area (Å²) < 4.78 is 10.9. The average molecular weight is 450 g/mol. The molecule has 2 aromatic heterocycles.